The molecule has 8 heteroatoms. The summed E-state index contributed by atoms with van der Waals surface area (Å²) in [7, 11) is 3.86. The van der Waals surface area contributed by atoms with Gasteiger partial charge in [0.15, 0.2) is 17.5 Å². The number of aryl methyl sites for hydroxylation is 1. The molecule has 1 saturated heterocycles. The number of guanidine groups is 1. The van der Waals surface area contributed by atoms with Crippen LogP contribution in [-0.4, -0.2) is 56.5 Å². The molecular weight excluding hydrogens is 388 g/mol. The lowest BCUT2D eigenvalue weighted by molar-refractivity contribution is 0.0511. The number of hydrogen-bond donors (Lipinski definition) is 1. The van der Waals surface area contributed by atoms with Crippen LogP contribution in [0.5, 0.6) is 11.5 Å². The highest BCUT2D eigenvalue weighted by Crippen LogP contribution is 2.40. The molecule has 2 aliphatic heterocycles. The van der Waals surface area contributed by atoms with Crippen LogP contribution in [0.4, 0.5) is 0 Å². The number of aromatic nitrogens is 1. The second-order valence-corrected chi connectivity index (χ2v) is 8.64. The molecule has 2 aliphatic rings. The maximum Gasteiger partial charge on any atom is 0.231 e. The van der Waals surface area contributed by atoms with Crippen LogP contribution < -0.4 is 14.8 Å². The second-order valence-electron chi connectivity index (χ2n) is 7.58. The normalized spacial score (nSPS) is 18.0. The topological polar surface area (TPSA) is 68.2 Å². The van der Waals surface area contributed by atoms with Gasteiger partial charge in [-0.05, 0) is 37.5 Å². The molecule has 1 N–H and O–H groups in total. The van der Waals surface area contributed by atoms with Gasteiger partial charge in [0.1, 0.15) is 0 Å². The maximum absolute atomic E-state index is 5.67. The van der Waals surface area contributed by atoms with Gasteiger partial charge in [0, 0.05) is 44.6 Å². The summed E-state index contributed by atoms with van der Waals surface area (Å²) in [5, 5.41) is 6.78. The van der Waals surface area contributed by atoms with Gasteiger partial charge in [-0.15, -0.1) is 11.3 Å². The van der Waals surface area contributed by atoms with E-state index in [0.717, 1.165) is 67.3 Å². The van der Waals surface area contributed by atoms with E-state index in [-0.39, 0.29) is 5.41 Å². The number of rotatable bonds is 5. The second kappa shape index (κ2) is 8.59. The van der Waals surface area contributed by atoms with Crippen LogP contribution in [0.3, 0.4) is 0 Å². The molecule has 0 spiro atoms. The summed E-state index contributed by atoms with van der Waals surface area (Å²) in [5.74, 6) is 2.51. The molecule has 3 heterocycles. The average molecular weight is 417 g/mol. The van der Waals surface area contributed by atoms with Gasteiger partial charge in [-0.3, -0.25) is 4.99 Å². The van der Waals surface area contributed by atoms with Crippen LogP contribution in [0, 0.1) is 6.92 Å². The van der Waals surface area contributed by atoms with E-state index in [1.807, 2.05) is 27.1 Å². The first kappa shape index (κ1) is 20.0. The number of fused-ring (bicyclic) bond motifs is 1. The number of nitrogens with zero attached hydrogens (tertiary/aromatic N) is 3. The van der Waals surface area contributed by atoms with E-state index in [2.05, 4.69) is 37.7 Å². The molecule has 7 nitrogen and oxygen atoms in total. The molecule has 4 rings (SSSR count). The van der Waals surface area contributed by atoms with Crippen molar-refractivity contribution in [2.45, 2.75) is 31.7 Å². The van der Waals surface area contributed by atoms with Gasteiger partial charge in [-0.2, -0.15) is 0 Å². The maximum atomic E-state index is 5.67. The van der Waals surface area contributed by atoms with Crippen LogP contribution >= 0.6 is 11.3 Å². The van der Waals surface area contributed by atoms with Crippen LogP contribution in [0.25, 0.3) is 0 Å². The monoisotopic (exact) mass is 416 g/mol. The lowest BCUT2D eigenvalue weighted by atomic mass is 9.74. The van der Waals surface area contributed by atoms with E-state index < -0.39 is 0 Å². The van der Waals surface area contributed by atoms with E-state index in [4.69, 9.17) is 14.2 Å². The first-order valence-electron chi connectivity index (χ1n) is 9.90. The molecule has 29 heavy (non-hydrogen) atoms. The summed E-state index contributed by atoms with van der Waals surface area (Å²) >= 11 is 1.67. The molecule has 0 unspecified atom stereocenters. The van der Waals surface area contributed by atoms with Crippen molar-refractivity contribution in [3.05, 3.63) is 39.8 Å². The Balaban J connectivity index is 1.49. The smallest absolute Gasteiger partial charge is 0.231 e. The van der Waals surface area contributed by atoms with Crippen molar-refractivity contribution < 1.29 is 14.2 Å². The molecule has 0 atom stereocenters. The third kappa shape index (κ3) is 4.33. The zero-order valence-corrected chi connectivity index (χ0v) is 18.1. The summed E-state index contributed by atoms with van der Waals surface area (Å²) in [4.78, 5) is 11.2. The highest BCUT2D eigenvalue weighted by molar-refractivity contribution is 7.09. The molecule has 1 fully saturated rings. The first-order chi connectivity index (χ1) is 14.1. The minimum absolute atomic E-state index is 0.0345. The SMILES string of the molecule is CN=C(NCC1(c2ccc3c(c2)OCO3)CCOCC1)N(C)Cc1csc(C)n1. The lowest BCUT2D eigenvalue weighted by Gasteiger charge is -2.39. The molecule has 0 radical (unpaired) electrons. The molecular formula is C21H28N4O3S. The molecule has 1 aromatic heterocycles. The fourth-order valence-electron chi connectivity index (χ4n) is 3.99. The van der Waals surface area contributed by atoms with Gasteiger partial charge in [-0.25, -0.2) is 4.98 Å². The zero-order chi connectivity index (χ0) is 20.3. The standard InChI is InChI=1S/C21H28N4O3S/c1-15-24-17(12-29-15)11-25(3)20(22-2)23-13-21(6-8-26-9-7-21)16-4-5-18-19(10-16)28-14-27-18/h4-5,10,12H,6-9,11,13-14H2,1-3H3,(H,22,23). The largest absolute Gasteiger partial charge is 0.454 e. The van der Waals surface area contributed by atoms with E-state index in [0.29, 0.717) is 6.79 Å². The van der Waals surface area contributed by atoms with E-state index in [1.165, 1.54) is 5.56 Å². The third-order valence-corrected chi connectivity index (χ3v) is 6.48. The summed E-state index contributed by atoms with van der Waals surface area (Å²) in [6.45, 7) is 5.33. The number of hydrogen-bond acceptors (Lipinski definition) is 6. The van der Waals surface area contributed by atoms with E-state index >= 15 is 0 Å². The molecule has 0 aliphatic carbocycles. The van der Waals surface area contributed by atoms with Gasteiger partial charge in [0.25, 0.3) is 0 Å². The number of nitrogens with one attached hydrogen (secondary N) is 1. The van der Waals surface area contributed by atoms with Crippen LogP contribution in [0.15, 0.2) is 28.6 Å². The number of benzene rings is 1. The van der Waals surface area contributed by atoms with Gasteiger partial charge in [0.05, 0.1) is 17.2 Å². The highest BCUT2D eigenvalue weighted by Gasteiger charge is 2.36. The Morgan fingerprint density at radius 2 is 2.07 bits per heavy atom. The molecule has 1 aromatic carbocycles. The van der Waals surface area contributed by atoms with E-state index in [9.17, 15) is 0 Å². The minimum Gasteiger partial charge on any atom is -0.454 e. The molecule has 0 saturated carbocycles. The molecule has 156 valence electrons. The van der Waals surface area contributed by atoms with Crippen molar-refractivity contribution in [2.75, 3.05) is 40.6 Å². The number of ether oxygens (including phenoxy) is 3. The Hall–Kier alpha value is -2.32. The first-order valence-corrected chi connectivity index (χ1v) is 10.8. The third-order valence-electron chi connectivity index (χ3n) is 5.66. The van der Waals surface area contributed by atoms with Crippen LogP contribution in [0.2, 0.25) is 0 Å². The van der Waals surface area contributed by atoms with E-state index in [1.54, 1.807) is 11.3 Å². The summed E-state index contributed by atoms with van der Waals surface area (Å²) in [6.07, 6.45) is 1.90. The number of aliphatic imine (C=N–C) groups is 1. The minimum atomic E-state index is -0.0345. The van der Waals surface area contributed by atoms with Crippen molar-refractivity contribution in [1.29, 1.82) is 0 Å². The van der Waals surface area contributed by atoms with Crippen molar-refractivity contribution >= 4 is 17.3 Å². The predicted octanol–water partition coefficient (Wildman–Crippen LogP) is 2.94. The van der Waals surface area contributed by atoms with Gasteiger partial charge < -0.3 is 24.4 Å². The van der Waals surface area contributed by atoms with Gasteiger partial charge >= 0.3 is 0 Å². The highest BCUT2D eigenvalue weighted by atomic mass is 32.1. The Morgan fingerprint density at radius 1 is 1.28 bits per heavy atom. The summed E-state index contributed by atoms with van der Waals surface area (Å²) in [6, 6.07) is 6.30. The van der Waals surface area contributed by atoms with Crippen LogP contribution in [-0.2, 0) is 16.7 Å². The fraction of sp³-hybridized carbons (Fsp3) is 0.524. The Labute approximate surface area is 175 Å². The van der Waals surface area contributed by atoms with Crippen molar-refractivity contribution in [3.63, 3.8) is 0 Å². The van der Waals surface area contributed by atoms with Gasteiger partial charge in [0.2, 0.25) is 6.79 Å². The lowest BCUT2D eigenvalue weighted by Crippen LogP contribution is -2.48. The van der Waals surface area contributed by atoms with Crippen molar-refractivity contribution in [1.82, 2.24) is 15.2 Å². The van der Waals surface area contributed by atoms with Crippen molar-refractivity contribution in [3.8, 4) is 11.5 Å². The molecule has 0 amide bonds. The van der Waals surface area contributed by atoms with Crippen molar-refractivity contribution in [2.24, 2.45) is 4.99 Å². The Morgan fingerprint density at radius 3 is 2.79 bits per heavy atom. The number of thiazole rings is 1. The molecule has 0 bridgehead atoms. The van der Waals surface area contributed by atoms with Gasteiger partial charge in [-0.1, -0.05) is 6.07 Å². The predicted molar refractivity (Wildman–Crippen MR) is 114 cm³/mol. The average Bonchev–Trinajstić information content (AvgIpc) is 3.37. The van der Waals surface area contributed by atoms with Crippen LogP contribution in [0.1, 0.15) is 29.1 Å². The zero-order valence-electron chi connectivity index (χ0n) is 17.2. The Kier molecular flexibility index (Phi) is 5.91. The summed E-state index contributed by atoms with van der Waals surface area (Å²) in [5.41, 5.74) is 2.29. The molecule has 2 aromatic rings. The fourth-order valence-corrected chi connectivity index (χ4v) is 4.59. The summed E-state index contributed by atoms with van der Waals surface area (Å²) < 4.78 is 16.8. The quantitative estimate of drug-likeness (QED) is 0.597. The Bertz CT molecular complexity index is 877.